The quantitative estimate of drug-likeness (QED) is 0.452. The summed E-state index contributed by atoms with van der Waals surface area (Å²) in [5, 5.41) is 0.396. The minimum Gasteiger partial charge on any atom is -0.462 e. The molecule has 0 aliphatic rings. The number of alkyl halides is 3. The molecule has 0 amide bonds. The molecule has 0 saturated heterocycles. The highest BCUT2D eigenvalue weighted by Crippen LogP contribution is 2.27. The van der Waals surface area contributed by atoms with Crippen LogP contribution < -0.4 is 0 Å². The van der Waals surface area contributed by atoms with E-state index in [1.165, 1.54) is 12.1 Å². The van der Waals surface area contributed by atoms with Crippen molar-refractivity contribution in [3.63, 3.8) is 0 Å². The highest BCUT2D eigenvalue weighted by atomic mass is 79.9. The SMILES string of the molecule is CCOC(=O)c1c(C(=O)CCBr)cccc1C(F)F. The largest absolute Gasteiger partial charge is 0.462 e. The van der Waals surface area contributed by atoms with E-state index in [4.69, 9.17) is 4.74 Å². The van der Waals surface area contributed by atoms with Crippen molar-refractivity contribution in [3.05, 3.63) is 34.9 Å². The molecule has 0 N–H and O–H groups in total. The number of hydrogen-bond acceptors (Lipinski definition) is 3. The van der Waals surface area contributed by atoms with Gasteiger partial charge in [0, 0.05) is 22.9 Å². The van der Waals surface area contributed by atoms with Gasteiger partial charge in [0.15, 0.2) is 5.78 Å². The molecule has 0 aliphatic carbocycles. The standard InChI is InChI=1S/C13H13BrF2O3/c1-2-19-13(18)11-8(10(17)6-7-14)4-3-5-9(11)12(15)16/h3-5,12H,2,6-7H2,1H3. The van der Waals surface area contributed by atoms with Crippen molar-refractivity contribution >= 4 is 27.7 Å². The summed E-state index contributed by atoms with van der Waals surface area (Å²) in [6, 6.07) is 3.83. The van der Waals surface area contributed by atoms with E-state index in [-0.39, 0.29) is 29.9 Å². The fraction of sp³-hybridized carbons (Fsp3) is 0.385. The maximum atomic E-state index is 12.9. The zero-order valence-electron chi connectivity index (χ0n) is 10.3. The molecule has 6 heteroatoms. The number of carbonyl (C=O) groups is 2. The molecular formula is C13H13BrF2O3. The Kier molecular flexibility index (Phi) is 6.08. The zero-order chi connectivity index (χ0) is 14.4. The normalized spacial score (nSPS) is 10.6. The Morgan fingerprint density at radius 1 is 1.37 bits per heavy atom. The number of Topliss-reactive ketones (excluding diaryl/α,β-unsaturated/α-hetero) is 1. The number of benzene rings is 1. The summed E-state index contributed by atoms with van der Waals surface area (Å²) in [7, 11) is 0. The minimum atomic E-state index is -2.84. The molecule has 1 aromatic carbocycles. The molecule has 0 unspecified atom stereocenters. The average Bonchev–Trinajstić information content (AvgIpc) is 2.38. The number of halogens is 3. The van der Waals surface area contributed by atoms with E-state index >= 15 is 0 Å². The van der Waals surface area contributed by atoms with E-state index < -0.39 is 18.0 Å². The number of ketones is 1. The Bertz CT molecular complexity index is 475. The summed E-state index contributed by atoms with van der Waals surface area (Å²) in [5.41, 5.74) is -0.820. The van der Waals surface area contributed by atoms with Gasteiger partial charge in [-0.2, -0.15) is 0 Å². The first-order chi connectivity index (χ1) is 9.02. The molecule has 19 heavy (non-hydrogen) atoms. The fourth-order valence-corrected chi connectivity index (χ4v) is 2.00. The van der Waals surface area contributed by atoms with Gasteiger partial charge < -0.3 is 4.74 Å². The van der Waals surface area contributed by atoms with Gasteiger partial charge in [-0.05, 0) is 6.92 Å². The van der Waals surface area contributed by atoms with Crippen LogP contribution in [0.2, 0.25) is 0 Å². The van der Waals surface area contributed by atoms with E-state index in [9.17, 15) is 18.4 Å². The topological polar surface area (TPSA) is 43.4 Å². The van der Waals surface area contributed by atoms with Crippen LogP contribution in [0.1, 0.15) is 46.0 Å². The van der Waals surface area contributed by atoms with Crippen molar-refractivity contribution in [3.8, 4) is 0 Å². The van der Waals surface area contributed by atoms with Crippen LogP contribution in [0.4, 0.5) is 8.78 Å². The van der Waals surface area contributed by atoms with Gasteiger partial charge in [0.1, 0.15) is 0 Å². The second-order valence-electron chi connectivity index (χ2n) is 3.65. The Hall–Kier alpha value is -1.30. The Balaban J connectivity index is 3.33. The Morgan fingerprint density at radius 2 is 2.05 bits per heavy atom. The van der Waals surface area contributed by atoms with Crippen molar-refractivity contribution in [2.45, 2.75) is 19.8 Å². The van der Waals surface area contributed by atoms with Gasteiger partial charge >= 0.3 is 5.97 Å². The Morgan fingerprint density at radius 3 is 2.58 bits per heavy atom. The van der Waals surface area contributed by atoms with Crippen molar-refractivity contribution in [2.75, 3.05) is 11.9 Å². The van der Waals surface area contributed by atoms with E-state index in [0.29, 0.717) is 5.33 Å². The minimum absolute atomic E-state index is 0.0179. The zero-order valence-corrected chi connectivity index (χ0v) is 11.9. The molecule has 1 aromatic rings. The van der Waals surface area contributed by atoms with Crippen LogP contribution in [0.5, 0.6) is 0 Å². The number of carbonyl (C=O) groups excluding carboxylic acids is 2. The second kappa shape index (κ2) is 7.33. The molecular weight excluding hydrogens is 322 g/mol. The molecule has 0 fully saturated rings. The molecule has 0 aromatic heterocycles. The summed E-state index contributed by atoms with van der Waals surface area (Å²) in [6.07, 6.45) is -2.71. The third-order valence-corrected chi connectivity index (χ3v) is 2.83. The molecule has 0 aliphatic heterocycles. The summed E-state index contributed by atoms with van der Waals surface area (Å²) in [6.45, 7) is 1.63. The smallest absolute Gasteiger partial charge is 0.339 e. The fourth-order valence-electron chi connectivity index (χ4n) is 1.64. The lowest BCUT2D eigenvalue weighted by molar-refractivity contribution is 0.0512. The molecule has 104 valence electrons. The molecule has 0 atom stereocenters. The van der Waals surface area contributed by atoms with Gasteiger partial charge in [0.05, 0.1) is 12.2 Å². The predicted octanol–water partition coefficient (Wildman–Crippen LogP) is 3.77. The van der Waals surface area contributed by atoms with Crippen molar-refractivity contribution in [1.82, 2.24) is 0 Å². The first-order valence-corrected chi connectivity index (χ1v) is 6.82. The molecule has 0 heterocycles. The van der Waals surface area contributed by atoms with Crippen LogP contribution in [0.25, 0.3) is 0 Å². The predicted molar refractivity (Wildman–Crippen MR) is 70.1 cm³/mol. The maximum Gasteiger partial charge on any atom is 0.339 e. The highest BCUT2D eigenvalue weighted by Gasteiger charge is 2.25. The van der Waals surface area contributed by atoms with Crippen LogP contribution in [-0.4, -0.2) is 23.7 Å². The highest BCUT2D eigenvalue weighted by molar-refractivity contribution is 9.09. The molecule has 3 nitrogen and oxygen atoms in total. The summed E-state index contributed by atoms with van der Waals surface area (Å²) < 4.78 is 30.6. The van der Waals surface area contributed by atoms with Crippen LogP contribution in [0.3, 0.4) is 0 Å². The van der Waals surface area contributed by atoms with Gasteiger partial charge in [-0.15, -0.1) is 0 Å². The van der Waals surface area contributed by atoms with Gasteiger partial charge in [-0.3, -0.25) is 4.79 Å². The van der Waals surface area contributed by atoms with Crippen molar-refractivity contribution in [2.24, 2.45) is 0 Å². The summed E-state index contributed by atoms with van der Waals surface area (Å²) in [5.74, 6) is -1.27. The third kappa shape index (κ3) is 3.83. The van der Waals surface area contributed by atoms with Gasteiger partial charge in [-0.25, -0.2) is 13.6 Å². The molecule has 0 saturated carbocycles. The lowest BCUT2D eigenvalue weighted by Crippen LogP contribution is -2.15. The van der Waals surface area contributed by atoms with Crippen molar-refractivity contribution in [1.29, 1.82) is 0 Å². The second-order valence-corrected chi connectivity index (χ2v) is 4.45. The average molecular weight is 335 g/mol. The van der Waals surface area contributed by atoms with Crippen LogP contribution >= 0.6 is 15.9 Å². The van der Waals surface area contributed by atoms with E-state index in [0.717, 1.165) is 6.07 Å². The molecule has 1 rings (SSSR count). The number of rotatable bonds is 6. The van der Waals surface area contributed by atoms with Crippen LogP contribution in [-0.2, 0) is 4.74 Å². The molecule has 0 radical (unpaired) electrons. The van der Waals surface area contributed by atoms with Crippen molar-refractivity contribution < 1.29 is 23.1 Å². The van der Waals surface area contributed by atoms with E-state index in [1.54, 1.807) is 6.92 Å². The monoisotopic (exact) mass is 334 g/mol. The first-order valence-electron chi connectivity index (χ1n) is 5.70. The number of ether oxygens (including phenoxy) is 1. The third-order valence-electron chi connectivity index (χ3n) is 2.43. The van der Waals surface area contributed by atoms with Gasteiger partial charge in [-0.1, -0.05) is 34.1 Å². The molecule has 0 spiro atoms. The summed E-state index contributed by atoms with van der Waals surface area (Å²) in [4.78, 5) is 23.6. The first kappa shape index (κ1) is 15.8. The summed E-state index contributed by atoms with van der Waals surface area (Å²) >= 11 is 3.10. The number of hydrogen-bond donors (Lipinski definition) is 0. The van der Waals surface area contributed by atoms with E-state index in [2.05, 4.69) is 15.9 Å². The molecule has 0 bridgehead atoms. The Labute approximate surface area is 118 Å². The van der Waals surface area contributed by atoms with Crippen LogP contribution in [0.15, 0.2) is 18.2 Å². The van der Waals surface area contributed by atoms with E-state index in [1.807, 2.05) is 0 Å². The number of esters is 1. The lowest BCUT2D eigenvalue weighted by Gasteiger charge is -2.12. The van der Waals surface area contributed by atoms with Gasteiger partial charge in [0.2, 0.25) is 0 Å². The lowest BCUT2D eigenvalue weighted by atomic mass is 9.97. The van der Waals surface area contributed by atoms with Gasteiger partial charge in [0.25, 0.3) is 6.43 Å². The maximum absolute atomic E-state index is 12.9. The van der Waals surface area contributed by atoms with Crippen LogP contribution in [0, 0.1) is 0 Å².